The molecular weight excluding hydrogens is 438 g/mol. The smallest absolute Gasteiger partial charge is 0.273 e. The lowest BCUT2D eigenvalue weighted by atomic mass is 10.1. The molecule has 2 aromatic heterocycles. The Hall–Kier alpha value is -3.77. The van der Waals surface area contributed by atoms with Gasteiger partial charge in [-0.25, -0.2) is 0 Å². The van der Waals surface area contributed by atoms with Crippen LogP contribution in [0.3, 0.4) is 0 Å². The zero-order valence-corrected chi connectivity index (χ0v) is 18.0. The molecule has 0 bridgehead atoms. The molecule has 2 aromatic carbocycles. The lowest BCUT2D eigenvalue weighted by Crippen LogP contribution is -2.34. The van der Waals surface area contributed by atoms with Gasteiger partial charge >= 0.3 is 0 Å². The minimum absolute atomic E-state index is 0.0713. The molecule has 0 aliphatic carbocycles. The van der Waals surface area contributed by atoms with Crippen molar-refractivity contribution in [1.82, 2.24) is 25.1 Å². The van der Waals surface area contributed by atoms with Crippen molar-refractivity contribution < 1.29 is 9.72 Å². The van der Waals surface area contributed by atoms with Crippen LogP contribution in [0.1, 0.15) is 21.7 Å². The van der Waals surface area contributed by atoms with Crippen LogP contribution in [0.15, 0.2) is 42.5 Å². The molecule has 0 fully saturated rings. The molecule has 0 aliphatic heterocycles. The second-order valence-electron chi connectivity index (χ2n) is 6.54. The summed E-state index contributed by atoms with van der Waals surface area (Å²) in [5, 5.41) is 30.0. The molecule has 0 saturated carbocycles. The van der Waals surface area contributed by atoms with E-state index >= 15 is 0 Å². The van der Waals surface area contributed by atoms with Gasteiger partial charge in [-0.1, -0.05) is 29.5 Å². The quantitative estimate of drug-likeness (QED) is 0.273. The summed E-state index contributed by atoms with van der Waals surface area (Å²) in [7, 11) is 0. The minimum Gasteiger partial charge on any atom is -0.332 e. The van der Waals surface area contributed by atoms with Crippen LogP contribution in [0, 0.1) is 24.0 Å². The fourth-order valence-electron chi connectivity index (χ4n) is 2.96. The number of nitrogens with one attached hydrogen (secondary N) is 2. The van der Waals surface area contributed by atoms with Gasteiger partial charge in [-0.2, -0.15) is 9.61 Å². The van der Waals surface area contributed by atoms with Crippen molar-refractivity contribution in [3.05, 3.63) is 69.5 Å². The summed E-state index contributed by atoms with van der Waals surface area (Å²) in [5.74, 6) is 0.172. The summed E-state index contributed by atoms with van der Waals surface area (Å²) in [6.45, 7) is 3.35. The zero-order valence-electron chi connectivity index (χ0n) is 16.3. The van der Waals surface area contributed by atoms with Gasteiger partial charge < -0.3 is 5.32 Å². The van der Waals surface area contributed by atoms with Gasteiger partial charge in [-0.3, -0.25) is 20.2 Å². The molecule has 156 valence electrons. The maximum atomic E-state index is 12.5. The van der Waals surface area contributed by atoms with Crippen molar-refractivity contribution in [3.63, 3.8) is 0 Å². The van der Waals surface area contributed by atoms with Crippen molar-refractivity contribution >= 4 is 50.9 Å². The van der Waals surface area contributed by atoms with Crippen molar-refractivity contribution in [3.8, 4) is 10.6 Å². The third-order valence-corrected chi connectivity index (χ3v) is 5.64. The summed E-state index contributed by atoms with van der Waals surface area (Å²) in [6.07, 6.45) is 0. The predicted octanol–water partition coefficient (Wildman–Crippen LogP) is 3.50. The van der Waals surface area contributed by atoms with E-state index in [0.29, 0.717) is 16.5 Å². The number of amides is 1. The van der Waals surface area contributed by atoms with E-state index in [1.54, 1.807) is 10.6 Å². The SMILES string of the molecule is Cc1c(C(=O)NC(=S)Nc2cccc(-c3nn4c(C)nnc4s3)c2)cccc1[N+](=O)[O-]. The summed E-state index contributed by atoms with van der Waals surface area (Å²) < 4.78 is 1.67. The number of benzene rings is 2. The summed E-state index contributed by atoms with van der Waals surface area (Å²) in [5.41, 5.74) is 1.83. The van der Waals surface area contributed by atoms with Crippen LogP contribution in [0.5, 0.6) is 0 Å². The number of carbonyl (C=O) groups is 1. The fraction of sp³-hybridized carbons (Fsp3) is 0.105. The second-order valence-corrected chi connectivity index (χ2v) is 7.91. The van der Waals surface area contributed by atoms with Gasteiger partial charge in [-0.15, -0.1) is 10.2 Å². The Labute approximate surface area is 185 Å². The van der Waals surface area contributed by atoms with Gasteiger partial charge in [0, 0.05) is 28.4 Å². The number of hydrogen-bond acceptors (Lipinski definition) is 8. The van der Waals surface area contributed by atoms with Gasteiger partial charge in [-0.05, 0) is 44.3 Å². The van der Waals surface area contributed by atoms with E-state index in [4.69, 9.17) is 12.2 Å². The lowest BCUT2D eigenvalue weighted by Gasteiger charge is -2.11. The number of aromatic nitrogens is 4. The summed E-state index contributed by atoms with van der Waals surface area (Å²) >= 11 is 6.65. The molecule has 0 saturated heterocycles. The van der Waals surface area contributed by atoms with Gasteiger partial charge in [0.15, 0.2) is 10.9 Å². The molecule has 0 atom stereocenters. The lowest BCUT2D eigenvalue weighted by molar-refractivity contribution is -0.385. The highest BCUT2D eigenvalue weighted by atomic mass is 32.1. The maximum Gasteiger partial charge on any atom is 0.273 e. The number of carbonyl (C=O) groups excluding carboxylic acids is 1. The van der Waals surface area contributed by atoms with E-state index in [2.05, 4.69) is 25.9 Å². The number of nitro groups is 1. The third kappa shape index (κ3) is 4.11. The molecule has 31 heavy (non-hydrogen) atoms. The average molecular weight is 454 g/mol. The molecular formula is C19H15N7O3S2. The van der Waals surface area contributed by atoms with Crippen LogP contribution in [0.25, 0.3) is 15.5 Å². The zero-order chi connectivity index (χ0) is 22.1. The number of nitro benzene ring substituents is 1. The molecule has 2 N–H and O–H groups in total. The second kappa shape index (κ2) is 8.16. The predicted molar refractivity (Wildman–Crippen MR) is 120 cm³/mol. The molecule has 4 aromatic rings. The van der Waals surface area contributed by atoms with E-state index in [1.165, 1.54) is 36.5 Å². The van der Waals surface area contributed by atoms with E-state index < -0.39 is 10.8 Å². The molecule has 12 heteroatoms. The number of thiocarbonyl (C=S) groups is 1. The molecule has 1 amide bonds. The monoisotopic (exact) mass is 453 g/mol. The molecule has 4 rings (SSSR count). The van der Waals surface area contributed by atoms with Crippen molar-refractivity contribution in [2.24, 2.45) is 0 Å². The van der Waals surface area contributed by atoms with Gasteiger partial charge in [0.25, 0.3) is 11.6 Å². The van der Waals surface area contributed by atoms with E-state index in [0.717, 1.165) is 10.6 Å². The minimum atomic E-state index is -0.529. The first kappa shape index (κ1) is 20.5. The molecule has 0 spiro atoms. The number of hydrogen-bond donors (Lipinski definition) is 2. The Morgan fingerprint density at radius 2 is 1.97 bits per heavy atom. The number of aryl methyl sites for hydroxylation is 1. The van der Waals surface area contributed by atoms with Gasteiger partial charge in [0.2, 0.25) is 4.96 Å². The number of fused-ring (bicyclic) bond motifs is 1. The molecule has 0 unspecified atom stereocenters. The largest absolute Gasteiger partial charge is 0.332 e. The van der Waals surface area contributed by atoms with Crippen molar-refractivity contribution in [1.29, 1.82) is 0 Å². The van der Waals surface area contributed by atoms with Crippen LogP contribution in [-0.2, 0) is 0 Å². The number of anilines is 1. The van der Waals surface area contributed by atoms with Crippen LogP contribution in [0.4, 0.5) is 11.4 Å². The van der Waals surface area contributed by atoms with Crippen LogP contribution in [0.2, 0.25) is 0 Å². The van der Waals surface area contributed by atoms with Crippen molar-refractivity contribution in [2.75, 3.05) is 5.32 Å². The average Bonchev–Trinajstić information content (AvgIpc) is 3.30. The first-order valence-corrected chi connectivity index (χ1v) is 10.2. The summed E-state index contributed by atoms with van der Waals surface area (Å²) in [4.78, 5) is 23.8. The molecule has 0 aliphatic rings. The Bertz CT molecular complexity index is 1350. The first-order valence-electron chi connectivity index (χ1n) is 8.99. The molecule has 0 radical (unpaired) electrons. The van der Waals surface area contributed by atoms with E-state index in [1.807, 2.05) is 25.1 Å². The highest BCUT2D eigenvalue weighted by Gasteiger charge is 2.18. The van der Waals surface area contributed by atoms with E-state index in [-0.39, 0.29) is 21.9 Å². The van der Waals surface area contributed by atoms with Crippen LogP contribution < -0.4 is 10.6 Å². The van der Waals surface area contributed by atoms with Crippen LogP contribution >= 0.6 is 23.6 Å². The highest BCUT2D eigenvalue weighted by Crippen LogP contribution is 2.27. The maximum absolute atomic E-state index is 12.5. The highest BCUT2D eigenvalue weighted by molar-refractivity contribution is 7.80. The molecule has 10 nitrogen and oxygen atoms in total. The Morgan fingerprint density at radius 1 is 1.19 bits per heavy atom. The fourth-order valence-corrected chi connectivity index (χ4v) is 4.05. The van der Waals surface area contributed by atoms with Gasteiger partial charge in [0.05, 0.1) is 4.92 Å². The number of nitrogens with zero attached hydrogens (tertiary/aromatic N) is 5. The Balaban J connectivity index is 1.49. The standard InChI is InChI=1S/C19H15N7O3S2/c1-10-14(7-4-8-15(10)26(28)29)16(27)21-18(30)20-13-6-3-5-12(9-13)17-24-25-11(2)22-23-19(25)31-17/h3-9H,1-2H3,(H2,20,21,27,30). The molecule has 2 heterocycles. The Morgan fingerprint density at radius 3 is 2.71 bits per heavy atom. The first-order chi connectivity index (χ1) is 14.8. The Kier molecular flexibility index (Phi) is 5.40. The van der Waals surface area contributed by atoms with Gasteiger partial charge in [0.1, 0.15) is 5.01 Å². The number of rotatable bonds is 4. The topological polar surface area (TPSA) is 127 Å². The van der Waals surface area contributed by atoms with Crippen LogP contribution in [-0.4, -0.2) is 35.8 Å². The van der Waals surface area contributed by atoms with Crippen molar-refractivity contribution in [2.45, 2.75) is 13.8 Å². The summed E-state index contributed by atoms with van der Waals surface area (Å²) in [6, 6.07) is 11.7. The van der Waals surface area contributed by atoms with E-state index in [9.17, 15) is 14.9 Å². The third-order valence-electron chi connectivity index (χ3n) is 4.49. The normalized spacial score (nSPS) is 10.8.